The Labute approximate surface area is 233 Å². The summed E-state index contributed by atoms with van der Waals surface area (Å²) in [6.07, 6.45) is 6.63. The van der Waals surface area contributed by atoms with Gasteiger partial charge >= 0.3 is 0 Å². The highest BCUT2D eigenvalue weighted by atomic mass is 16.3. The van der Waals surface area contributed by atoms with Crippen molar-refractivity contribution in [2.75, 3.05) is 33.1 Å². The van der Waals surface area contributed by atoms with Gasteiger partial charge in [-0.2, -0.15) is 0 Å². The summed E-state index contributed by atoms with van der Waals surface area (Å²) >= 11 is 0. The fourth-order valence-electron chi connectivity index (χ4n) is 7.59. The minimum absolute atomic E-state index is 0.0722. The number of likely N-dealkylation sites (N-methyl/N-ethyl adjacent to an activating group) is 1. The van der Waals surface area contributed by atoms with Crippen LogP contribution in [0.1, 0.15) is 55.2 Å². The number of hydrogen-bond donors (Lipinski definition) is 5. The number of rotatable bonds is 6. The molecule has 6 N–H and O–H groups in total. The number of benzene rings is 1. The first-order valence-corrected chi connectivity index (χ1v) is 14.0. The van der Waals surface area contributed by atoms with Gasteiger partial charge in [-0.05, 0) is 68.8 Å². The molecule has 0 aliphatic heterocycles. The van der Waals surface area contributed by atoms with Crippen LogP contribution >= 0.6 is 0 Å². The molecule has 1 amide bonds. The topological polar surface area (TPSA) is 165 Å². The lowest BCUT2D eigenvalue weighted by Crippen LogP contribution is -2.65. The predicted molar refractivity (Wildman–Crippen MR) is 149 cm³/mol. The first kappa shape index (κ1) is 28.2. The second-order valence-electron chi connectivity index (χ2n) is 12.3. The minimum Gasteiger partial charge on any atom is -0.508 e. The van der Waals surface area contributed by atoms with Gasteiger partial charge < -0.3 is 31.1 Å². The zero-order valence-corrected chi connectivity index (χ0v) is 23.5. The summed E-state index contributed by atoms with van der Waals surface area (Å²) in [4.78, 5) is 42.9. The lowest BCUT2D eigenvalue weighted by Gasteiger charge is -2.50. The fourth-order valence-corrected chi connectivity index (χ4v) is 7.59. The fraction of sp³-hybridized carbons (Fsp3) is 0.567. The number of Topliss-reactive ketones (excluding diaryl/α,β-unsaturated/α-hetero) is 2. The van der Waals surface area contributed by atoms with Crippen LogP contribution in [0.15, 0.2) is 23.0 Å². The number of phenols is 1. The van der Waals surface area contributed by atoms with Crippen LogP contribution in [0.3, 0.4) is 0 Å². The number of nitrogens with two attached hydrogens (primary N) is 1. The van der Waals surface area contributed by atoms with E-state index in [0.717, 1.165) is 24.9 Å². The monoisotopic (exact) mass is 553 g/mol. The maximum Gasteiger partial charge on any atom is 0.255 e. The molecule has 0 unspecified atom stereocenters. The molecular formula is C30H39N3O7. The molecule has 0 spiro atoms. The SMILES string of the molecule is CN(C)c1cc(CCC2CCCC2)c(O)c2c1C[C@@H]1C[C@@H]3[C@@H](N(C)C)C(=O)C(C(N)=O)=C(O)[C@]3(O)C(=O)C1=C2O. The number of ketones is 2. The Hall–Kier alpha value is -3.37. The Morgan fingerprint density at radius 3 is 2.33 bits per heavy atom. The first-order chi connectivity index (χ1) is 18.8. The summed E-state index contributed by atoms with van der Waals surface area (Å²) in [5.74, 6) is -5.70. The Kier molecular flexibility index (Phi) is 6.99. The molecule has 216 valence electrons. The van der Waals surface area contributed by atoms with E-state index in [9.17, 15) is 34.8 Å². The molecule has 4 aliphatic carbocycles. The van der Waals surface area contributed by atoms with Gasteiger partial charge in [0, 0.05) is 31.3 Å². The van der Waals surface area contributed by atoms with Gasteiger partial charge in [-0.1, -0.05) is 25.7 Å². The Bertz CT molecular complexity index is 1360. The van der Waals surface area contributed by atoms with E-state index in [1.807, 2.05) is 25.1 Å². The average Bonchev–Trinajstić information content (AvgIpc) is 3.39. The van der Waals surface area contributed by atoms with Crippen LogP contribution in [0.5, 0.6) is 5.75 Å². The number of anilines is 1. The Morgan fingerprint density at radius 2 is 1.75 bits per heavy atom. The molecule has 40 heavy (non-hydrogen) atoms. The third-order valence-corrected chi connectivity index (χ3v) is 9.55. The van der Waals surface area contributed by atoms with Crippen LogP contribution in [0, 0.1) is 17.8 Å². The molecule has 0 aromatic heterocycles. The van der Waals surface area contributed by atoms with Gasteiger partial charge in [-0.15, -0.1) is 0 Å². The highest BCUT2D eigenvalue weighted by molar-refractivity contribution is 6.24. The molecule has 4 atom stereocenters. The van der Waals surface area contributed by atoms with Gasteiger partial charge in [0.25, 0.3) is 5.91 Å². The molecule has 0 bridgehead atoms. The van der Waals surface area contributed by atoms with Crippen LogP contribution in [0.25, 0.3) is 5.76 Å². The van der Waals surface area contributed by atoms with Gasteiger partial charge in [-0.25, -0.2) is 0 Å². The van der Waals surface area contributed by atoms with Crippen LogP contribution in [0.2, 0.25) is 0 Å². The maximum atomic E-state index is 14.1. The number of amides is 1. The largest absolute Gasteiger partial charge is 0.508 e. The van der Waals surface area contributed by atoms with E-state index in [1.165, 1.54) is 17.7 Å². The number of aliphatic hydroxyl groups is 3. The van der Waals surface area contributed by atoms with E-state index in [-0.39, 0.29) is 29.7 Å². The molecule has 10 heteroatoms. The molecule has 0 saturated heterocycles. The maximum absolute atomic E-state index is 14.1. The predicted octanol–water partition coefficient (Wildman–Crippen LogP) is 2.15. The van der Waals surface area contributed by atoms with Crippen molar-refractivity contribution in [2.45, 2.75) is 63.0 Å². The van der Waals surface area contributed by atoms with Crippen molar-refractivity contribution in [3.05, 3.63) is 39.7 Å². The number of aromatic hydroxyl groups is 1. The smallest absolute Gasteiger partial charge is 0.255 e. The molecule has 4 aliphatic rings. The van der Waals surface area contributed by atoms with E-state index < -0.39 is 58.0 Å². The lowest BCUT2D eigenvalue weighted by molar-refractivity contribution is -0.153. The summed E-state index contributed by atoms with van der Waals surface area (Å²) < 4.78 is 0. The van der Waals surface area contributed by atoms with Crippen molar-refractivity contribution in [2.24, 2.45) is 23.5 Å². The number of fused-ring (bicyclic) bond motifs is 3. The second kappa shape index (κ2) is 9.92. The van der Waals surface area contributed by atoms with Gasteiger partial charge in [0.1, 0.15) is 22.8 Å². The second-order valence-corrected chi connectivity index (χ2v) is 12.3. The molecule has 5 rings (SSSR count). The minimum atomic E-state index is -2.63. The quantitative estimate of drug-likeness (QED) is 0.332. The van der Waals surface area contributed by atoms with E-state index in [0.29, 0.717) is 23.5 Å². The van der Waals surface area contributed by atoms with Gasteiger partial charge in [-0.3, -0.25) is 19.3 Å². The molecule has 0 radical (unpaired) electrons. The van der Waals surface area contributed by atoms with Gasteiger partial charge in [0.2, 0.25) is 5.78 Å². The average molecular weight is 554 g/mol. The van der Waals surface area contributed by atoms with E-state index in [4.69, 9.17) is 5.73 Å². The highest BCUT2D eigenvalue weighted by Gasteiger charge is 2.64. The molecule has 10 nitrogen and oxygen atoms in total. The van der Waals surface area contributed by atoms with E-state index >= 15 is 0 Å². The number of aryl methyl sites for hydroxylation is 1. The van der Waals surface area contributed by atoms with Crippen molar-refractivity contribution < 1.29 is 34.8 Å². The number of nitrogens with zero attached hydrogens (tertiary/aromatic N) is 2. The van der Waals surface area contributed by atoms with E-state index in [2.05, 4.69) is 0 Å². The van der Waals surface area contributed by atoms with Crippen molar-refractivity contribution in [3.8, 4) is 5.75 Å². The van der Waals surface area contributed by atoms with Crippen LogP contribution < -0.4 is 10.6 Å². The van der Waals surface area contributed by atoms with Crippen LogP contribution in [0.4, 0.5) is 5.69 Å². The van der Waals surface area contributed by atoms with Crippen LogP contribution in [-0.2, 0) is 27.2 Å². The van der Waals surface area contributed by atoms with Crippen molar-refractivity contribution in [1.82, 2.24) is 4.90 Å². The number of hydrogen-bond acceptors (Lipinski definition) is 9. The number of carbonyl (C=O) groups excluding carboxylic acids is 3. The van der Waals surface area contributed by atoms with Crippen molar-refractivity contribution >= 4 is 28.9 Å². The van der Waals surface area contributed by atoms with Crippen molar-refractivity contribution in [1.29, 1.82) is 0 Å². The first-order valence-electron chi connectivity index (χ1n) is 14.0. The molecule has 1 aromatic carbocycles. The third kappa shape index (κ3) is 4.03. The normalized spacial score (nSPS) is 28.6. The standard InChI is InChI=1S/C30H39N3O7/c1-32(2)19-13-15(10-9-14-7-5-6-8-14)24(34)21-17(19)11-16-12-18-23(33(3)4)26(36)22(29(31)39)28(38)30(18,40)27(37)20(16)25(21)35/h13-14,16,18,23,34-35,38,40H,5-12H2,1-4H3,(H2,31,39)/t16-,18-,23-,30-/m1/s1. The number of phenolic OH excluding ortho intramolecular Hbond substituents is 1. The summed E-state index contributed by atoms with van der Waals surface area (Å²) in [7, 11) is 6.93. The molecule has 0 heterocycles. The number of primary amides is 1. The van der Waals surface area contributed by atoms with Crippen molar-refractivity contribution in [3.63, 3.8) is 0 Å². The lowest BCUT2D eigenvalue weighted by atomic mass is 9.57. The zero-order valence-electron chi connectivity index (χ0n) is 23.5. The Morgan fingerprint density at radius 1 is 1.10 bits per heavy atom. The zero-order chi connectivity index (χ0) is 29.3. The summed E-state index contributed by atoms with van der Waals surface area (Å²) in [5, 5.41) is 45.8. The molecule has 1 aromatic rings. The third-order valence-electron chi connectivity index (χ3n) is 9.55. The van der Waals surface area contributed by atoms with Crippen LogP contribution in [-0.4, -0.2) is 82.6 Å². The Balaban J connectivity index is 1.67. The number of carbonyl (C=O) groups is 3. The number of aliphatic hydroxyl groups excluding tert-OH is 2. The molecule has 2 fully saturated rings. The molecular weight excluding hydrogens is 514 g/mol. The summed E-state index contributed by atoms with van der Waals surface area (Å²) in [5.41, 5.74) is 4.15. The highest BCUT2D eigenvalue weighted by Crippen LogP contribution is 2.54. The summed E-state index contributed by atoms with van der Waals surface area (Å²) in [6, 6.07) is 0.847. The molecule has 2 saturated carbocycles. The van der Waals surface area contributed by atoms with Gasteiger partial charge in [0.05, 0.1) is 11.6 Å². The summed E-state index contributed by atoms with van der Waals surface area (Å²) in [6.45, 7) is 0. The van der Waals surface area contributed by atoms with E-state index in [1.54, 1.807) is 14.1 Å². The van der Waals surface area contributed by atoms with Gasteiger partial charge in [0.15, 0.2) is 11.4 Å².